The van der Waals surface area contributed by atoms with Gasteiger partial charge in [0.2, 0.25) is 0 Å². The molecule has 9 aromatic rings. The second kappa shape index (κ2) is 11.1. The van der Waals surface area contributed by atoms with E-state index in [1.165, 1.54) is 5.39 Å². The molecule has 220 valence electrons. The fraction of sp³-hybridized carbons (Fsp3) is 0. The van der Waals surface area contributed by atoms with Crippen LogP contribution in [0.5, 0.6) is 0 Å². The molecule has 4 aromatic heterocycles. The van der Waals surface area contributed by atoms with Crippen molar-refractivity contribution >= 4 is 32.6 Å². The highest BCUT2D eigenvalue weighted by Gasteiger charge is 2.18. The van der Waals surface area contributed by atoms with E-state index in [1.807, 2.05) is 67.0 Å². The molecular formula is C41H26N6. The lowest BCUT2D eigenvalue weighted by Crippen LogP contribution is -2.02. The first kappa shape index (κ1) is 26.8. The Bertz CT molecular complexity index is 2560. The Labute approximate surface area is 270 Å². The lowest BCUT2D eigenvalue weighted by molar-refractivity contribution is 1.05. The van der Waals surface area contributed by atoms with Crippen molar-refractivity contribution in [2.24, 2.45) is 0 Å². The molecule has 0 aliphatic heterocycles. The van der Waals surface area contributed by atoms with Gasteiger partial charge >= 0.3 is 0 Å². The number of pyridine rings is 2. The molecular weight excluding hydrogens is 576 g/mol. The van der Waals surface area contributed by atoms with Gasteiger partial charge in [0.1, 0.15) is 11.4 Å². The van der Waals surface area contributed by atoms with E-state index in [0.717, 1.165) is 49.6 Å². The Kier molecular flexibility index (Phi) is 6.35. The molecule has 0 spiro atoms. The molecule has 0 N–H and O–H groups in total. The van der Waals surface area contributed by atoms with Gasteiger partial charge in [-0.25, -0.2) is 19.9 Å². The molecule has 0 atom stereocenters. The second-order valence-corrected chi connectivity index (χ2v) is 11.4. The molecule has 0 saturated carbocycles. The molecule has 4 heterocycles. The van der Waals surface area contributed by atoms with Gasteiger partial charge in [0.05, 0.1) is 11.0 Å². The minimum absolute atomic E-state index is 0.491. The molecule has 0 aliphatic carbocycles. The van der Waals surface area contributed by atoms with Crippen molar-refractivity contribution in [2.45, 2.75) is 0 Å². The average molecular weight is 603 g/mol. The predicted molar refractivity (Wildman–Crippen MR) is 189 cm³/mol. The lowest BCUT2D eigenvalue weighted by atomic mass is 9.97. The van der Waals surface area contributed by atoms with Gasteiger partial charge in [-0.2, -0.15) is 0 Å². The Balaban J connectivity index is 1.23. The maximum absolute atomic E-state index is 5.07. The van der Waals surface area contributed by atoms with Crippen LogP contribution in [0.4, 0.5) is 0 Å². The number of hydrogen-bond acceptors (Lipinski definition) is 5. The van der Waals surface area contributed by atoms with Crippen LogP contribution in [0.15, 0.2) is 158 Å². The summed E-state index contributed by atoms with van der Waals surface area (Å²) in [6.45, 7) is 0. The van der Waals surface area contributed by atoms with Crippen molar-refractivity contribution in [2.75, 3.05) is 0 Å². The van der Waals surface area contributed by atoms with Gasteiger partial charge < -0.3 is 4.57 Å². The minimum atomic E-state index is 0.491. The second-order valence-electron chi connectivity index (χ2n) is 11.4. The van der Waals surface area contributed by atoms with Crippen molar-refractivity contribution in [3.05, 3.63) is 158 Å². The normalized spacial score (nSPS) is 11.4. The fourth-order valence-corrected chi connectivity index (χ4v) is 6.25. The first-order chi connectivity index (χ1) is 23.3. The van der Waals surface area contributed by atoms with Crippen molar-refractivity contribution in [1.82, 2.24) is 29.5 Å². The van der Waals surface area contributed by atoms with E-state index in [0.29, 0.717) is 28.9 Å². The Morgan fingerprint density at radius 3 is 1.89 bits per heavy atom. The molecule has 0 unspecified atom stereocenters. The summed E-state index contributed by atoms with van der Waals surface area (Å²) in [5, 5.41) is 4.53. The SMILES string of the molecule is c1ccc(-c2ccc(-c3nc(-c4ccc5c(ccn5-c5ccccc5)n4)nc(-c4cc5ccccc5c5ccccc45)n3)nc2)cc1. The molecule has 47 heavy (non-hydrogen) atoms. The van der Waals surface area contributed by atoms with E-state index in [2.05, 4.69) is 95.6 Å². The largest absolute Gasteiger partial charge is 0.315 e. The number of benzene rings is 5. The van der Waals surface area contributed by atoms with Crippen LogP contribution < -0.4 is 0 Å². The van der Waals surface area contributed by atoms with Gasteiger partial charge in [-0.1, -0.05) is 103 Å². The number of para-hydroxylation sites is 1. The average Bonchev–Trinajstić information content (AvgIpc) is 3.59. The third-order valence-electron chi connectivity index (χ3n) is 8.55. The zero-order chi connectivity index (χ0) is 31.2. The summed E-state index contributed by atoms with van der Waals surface area (Å²) in [5.74, 6) is 1.56. The van der Waals surface area contributed by atoms with E-state index in [1.54, 1.807) is 0 Å². The smallest absolute Gasteiger partial charge is 0.182 e. The van der Waals surface area contributed by atoms with Gasteiger partial charge in [-0.15, -0.1) is 0 Å². The summed E-state index contributed by atoms with van der Waals surface area (Å²) in [7, 11) is 0. The molecule has 0 bridgehead atoms. The van der Waals surface area contributed by atoms with Gasteiger partial charge in [0.25, 0.3) is 0 Å². The molecule has 0 radical (unpaired) electrons. The first-order valence-electron chi connectivity index (χ1n) is 15.5. The zero-order valence-corrected chi connectivity index (χ0v) is 25.2. The van der Waals surface area contributed by atoms with Gasteiger partial charge in [-0.3, -0.25) is 4.98 Å². The van der Waals surface area contributed by atoms with E-state index in [4.69, 9.17) is 24.9 Å². The molecule has 0 saturated heterocycles. The summed E-state index contributed by atoms with van der Waals surface area (Å²) in [4.78, 5) is 24.9. The summed E-state index contributed by atoms with van der Waals surface area (Å²) in [5.41, 5.74) is 7.33. The molecule has 0 aliphatic rings. The maximum atomic E-state index is 5.07. The summed E-state index contributed by atoms with van der Waals surface area (Å²) in [6, 6.07) is 49.6. The van der Waals surface area contributed by atoms with Crippen LogP contribution in [0.2, 0.25) is 0 Å². The summed E-state index contributed by atoms with van der Waals surface area (Å²) in [6.07, 6.45) is 3.91. The number of aromatic nitrogens is 6. The quantitative estimate of drug-likeness (QED) is 0.184. The highest BCUT2D eigenvalue weighted by Crippen LogP contribution is 2.35. The fourth-order valence-electron chi connectivity index (χ4n) is 6.25. The van der Waals surface area contributed by atoms with Crippen molar-refractivity contribution in [1.29, 1.82) is 0 Å². The van der Waals surface area contributed by atoms with Gasteiger partial charge in [0.15, 0.2) is 17.5 Å². The van der Waals surface area contributed by atoms with E-state index < -0.39 is 0 Å². The van der Waals surface area contributed by atoms with Crippen LogP contribution in [0.3, 0.4) is 0 Å². The third-order valence-corrected chi connectivity index (χ3v) is 8.55. The molecule has 9 rings (SSSR count). The summed E-state index contributed by atoms with van der Waals surface area (Å²) >= 11 is 0. The van der Waals surface area contributed by atoms with Gasteiger partial charge in [-0.05, 0) is 69.6 Å². The molecule has 6 heteroatoms. The summed E-state index contributed by atoms with van der Waals surface area (Å²) < 4.78 is 2.13. The van der Waals surface area contributed by atoms with Crippen LogP contribution >= 0.6 is 0 Å². The number of nitrogens with zero attached hydrogens (tertiary/aromatic N) is 6. The Hall–Kier alpha value is -6.53. The molecule has 0 fully saturated rings. The predicted octanol–water partition coefficient (Wildman–Crippen LogP) is 9.58. The minimum Gasteiger partial charge on any atom is -0.315 e. The van der Waals surface area contributed by atoms with Crippen molar-refractivity contribution in [3.63, 3.8) is 0 Å². The van der Waals surface area contributed by atoms with Crippen molar-refractivity contribution < 1.29 is 0 Å². The number of rotatable bonds is 5. The molecule has 6 nitrogen and oxygen atoms in total. The van der Waals surface area contributed by atoms with Gasteiger partial charge in [0, 0.05) is 29.2 Å². The van der Waals surface area contributed by atoms with Crippen LogP contribution in [0.25, 0.3) is 83.8 Å². The maximum Gasteiger partial charge on any atom is 0.182 e. The van der Waals surface area contributed by atoms with Crippen LogP contribution in [-0.4, -0.2) is 29.5 Å². The standard InChI is InChI=1S/C41H26N6/c1-3-11-27(12-4-1)29-19-20-36(42-26-29)40-44-39(34-25-28-13-7-8-16-31(28)32-17-9-10-18-33(32)34)45-41(46-40)37-21-22-38-35(43-37)23-24-47(38)30-14-5-2-6-15-30/h1-26H. The number of hydrogen-bond donors (Lipinski definition) is 0. The van der Waals surface area contributed by atoms with E-state index >= 15 is 0 Å². The highest BCUT2D eigenvalue weighted by atomic mass is 15.1. The molecule has 5 aromatic carbocycles. The number of fused-ring (bicyclic) bond motifs is 4. The Morgan fingerprint density at radius 2 is 1.11 bits per heavy atom. The lowest BCUT2D eigenvalue weighted by Gasteiger charge is -2.12. The van der Waals surface area contributed by atoms with Crippen LogP contribution in [0.1, 0.15) is 0 Å². The van der Waals surface area contributed by atoms with Crippen LogP contribution in [-0.2, 0) is 0 Å². The Morgan fingerprint density at radius 1 is 0.447 bits per heavy atom. The van der Waals surface area contributed by atoms with Crippen LogP contribution in [0, 0.1) is 0 Å². The monoisotopic (exact) mass is 602 g/mol. The first-order valence-corrected chi connectivity index (χ1v) is 15.5. The van der Waals surface area contributed by atoms with E-state index in [9.17, 15) is 0 Å². The topological polar surface area (TPSA) is 69.4 Å². The zero-order valence-electron chi connectivity index (χ0n) is 25.2. The van der Waals surface area contributed by atoms with E-state index in [-0.39, 0.29) is 0 Å². The molecule has 0 amide bonds. The third kappa shape index (κ3) is 4.80. The highest BCUT2D eigenvalue weighted by molar-refractivity contribution is 6.13. The van der Waals surface area contributed by atoms with Crippen molar-refractivity contribution in [3.8, 4) is 51.2 Å².